The summed E-state index contributed by atoms with van der Waals surface area (Å²) in [5.74, 6) is -4.78. The first-order chi connectivity index (χ1) is 18.2. The van der Waals surface area contributed by atoms with Crippen LogP contribution in [0.1, 0.15) is 52.7 Å². The summed E-state index contributed by atoms with van der Waals surface area (Å²) in [6.45, 7) is 1.11. The Morgan fingerprint density at radius 1 is 0.900 bits per heavy atom. The molecular weight excluding hydrogens is 626 g/mol. The van der Waals surface area contributed by atoms with Crippen LogP contribution in [0.4, 0.5) is 39.5 Å². The van der Waals surface area contributed by atoms with Gasteiger partial charge in [0.1, 0.15) is 0 Å². The number of benzene rings is 2. The summed E-state index contributed by atoms with van der Waals surface area (Å²) in [5, 5.41) is 3.28. The highest BCUT2D eigenvalue weighted by Gasteiger charge is 2.40. The number of alkyl halides is 9. The lowest BCUT2D eigenvalue weighted by molar-refractivity contribution is -0.144. The zero-order valence-electron chi connectivity index (χ0n) is 20.0. The van der Waals surface area contributed by atoms with Crippen LogP contribution in [0, 0.1) is 0 Å². The third kappa shape index (κ3) is 9.77. The van der Waals surface area contributed by atoms with E-state index in [0.29, 0.717) is 18.2 Å². The Morgan fingerprint density at radius 2 is 1.48 bits per heavy atom. The Balaban J connectivity index is 2.31. The summed E-state index contributed by atoms with van der Waals surface area (Å²) in [5.41, 5.74) is -3.23. The summed E-state index contributed by atoms with van der Waals surface area (Å²) < 4.78 is 119. The number of nitrogens with one attached hydrogen (secondary N) is 2. The lowest BCUT2D eigenvalue weighted by Crippen LogP contribution is -2.46. The first-order valence-corrected chi connectivity index (χ1v) is 12.1. The van der Waals surface area contributed by atoms with Crippen molar-refractivity contribution >= 4 is 52.7 Å². The number of allylic oxidation sites excluding steroid dienone is 1. The van der Waals surface area contributed by atoms with Gasteiger partial charge in [-0.25, -0.2) is 0 Å². The zero-order valence-corrected chi connectivity index (χ0v) is 22.2. The van der Waals surface area contributed by atoms with Crippen molar-refractivity contribution in [2.45, 2.75) is 50.4 Å². The Kier molecular flexibility index (Phi) is 10.8. The van der Waals surface area contributed by atoms with Gasteiger partial charge in [-0.1, -0.05) is 53.0 Å². The molecule has 0 heterocycles. The number of carbonyl (C=O) groups is 2. The van der Waals surface area contributed by atoms with Crippen LogP contribution in [-0.4, -0.2) is 30.3 Å². The molecule has 1 unspecified atom stereocenters. The van der Waals surface area contributed by atoms with Crippen LogP contribution in [0.25, 0.3) is 6.08 Å². The van der Waals surface area contributed by atoms with Crippen LogP contribution in [0.5, 0.6) is 0 Å². The number of rotatable bonds is 8. The van der Waals surface area contributed by atoms with Crippen molar-refractivity contribution in [3.63, 3.8) is 0 Å². The SMILES string of the molecule is C[C@H](NC(=O)CCC(F)(F)F)NC(=O)c1ccc(/C=C/C(c2cc(Cl)c(Cl)c(Cl)c2)C(F)(F)F)cc1C(F)(F)F. The molecular formula is C24H18Cl3F9N2O2. The van der Waals surface area contributed by atoms with Gasteiger partial charge in [0, 0.05) is 6.42 Å². The molecule has 0 radical (unpaired) electrons. The second-order valence-corrected chi connectivity index (χ2v) is 9.55. The van der Waals surface area contributed by atoms with Gasteiger partial charge in [-0.3, -0.25) is 9.59 Å². The van der Waals surface area contributed by atoms with Crippen molar-refractivity contribution in [2.24, 2.45) is 0 Å². The van der Waals surface area contributed by atoms with Crippen LogP contribution in [0.2, 0.25) is 15.1 Å². The number of hydrogen-bond donors (Lipinski definition) is 2. The van der Waals surface area contributed by atoms with Crippen molar-refractivity contribution in [2.75, 3.05) is 0 Å². The van der Waals surface area contributed by atoms with Gasteiger partial charge in [-0.15, -0.1) is 0 Å². The fourth-order valence-corrected chi connectivity index (χ4v) is 3.96. The van der Waals surface area contributed by atoms with E-state index in [2.05, 4.69) is 0 Å². The summed E-state index contributed by atoms with van der Waals surface area (Å²) in [7, 11) is 0. The Morgan fingerprint density at radius 3 is 1.98 bits per heavy atom. The lowest BCUT2D eigenvalue weighted by atomic mass is 9.96. The van der Waals surface area contributed by atoms with Crippen LogP contribution in [0.15, 0.2) is 36.4 Å². The van der Waals surface area contributed by atoms with E-state index in [-0.39, 0.29) is 20.6 Å². The van der Waals surface area contributed by atoms with Crippen LogP contribution < -0.4 is 10.6 Å². The summed E-state index contributed by atoms with van der Waals surface area (Å²) in [4.78, 5) is 24.1. The number of carbonyl (C=O) groups excluding carboxylic acids is 2. The van der Waals surface area contributed by atoms with E-state index in [4.69, 9.17) is 34.8 Å². The molecule has 0 aromatic heterocycles. The number of amides is 2. The molecule has 0 saturated carbocycles. The van der Waals surface area contributed by atoms with E-state index in [1.54, 1.807) is 0 Å². The molecule has 16 heteroatoms. The van der Waals surface area contributed by atoms with Crippen LogP contribution >= 0.6 is 34.8 Å². The minimum atomic E-state index is -5.13. The molecule has 2 N–H and O–H groups in total. The number of halogens is 12. The van der Waals surface area contributed by atoms with Gasteiger partial charge in [0.2, 0.25) is 5.91 Å². The average Bonchev–Trinajstić information content (AvgIpc) is 2.79. The highest BCUT2D eigenvalue weighted by atomic mass is 35.5. The molecule has 220 valence electrons. The second-order valence-electron chi connectivity index (χ2n) is 8.36. The summed E-state index contributed by atoms with van der Waals surface area (Å²) >= 11 is 17.4. The lowest BCUT2D eigenvalue weighted by Gasteiger charge is -2.19. The van der Waals surface area contributed by atoms with Crippen LogP contribution in [-0.2, 0) is 11.0 Å². The van der Waals surface area contributed by atoms with Crippen LogP contribution in [0.3, 0.4) is 0 Å². The van der Waals surface area contributed by atoms with E-state index in [0.717, 1.165) is 31.2 Å². The second kappa shape index (κ2) is 12.9. The smallest absolute Gasteiger partial charge is 0.336 e. The van der Waals surface area contributed by atoms with E-state index in [9.17, 15) is 49.1 Å². The molecule has 0 aliphatic carbocycles. The molecule has 2 aromatic carbocycles. The van der Waals surface area contributed by atoms with Gasteiger partial charge in [0.25, 0.3) is 5.91 Å². The third-order valence-electron chi connectivity index (χ3n) is 5.15. The molecule has 0 fully saturated rings. The molecule has 2 aromatic rings. The Labute approximate surface area is 236 Å². The minimum absolute atomic E-state index is 0.184. The fourth-order valence-electron chi connectivity index (χ4n) is 3.35. The zero-order chi connectivity index (χ0) is 30.6. The van der Waals surface area contributed by atoms with E-state index in [1.807, 2.05) is 10.6 Å². The van der Waals surface area contributed by atoms with Crippen molar-refractivity contribution in [3.8, 4) is 0 Å². The Hall–Kier alpha value is -2.64. The van der Waals surface area contributed by atoms with Gasteiger partial charge >= 0.3 is 18.5 Å². The van der Waals surface area contributed by atoms with E-state index in [1.165, 1.54) is 0 Å². The quantitative estimate of drug-likeness (QED) is 0.172. The molecule has 4 nitrogen and oxygen atoms in total. The average molecular weight is 644 g/mol. The van der Waals surface area contributed by atoms with Gasteiger partial charge in [-0.2, -0.15) is 39.5 Å². The maximum atomic E-state index is 13.7. The molecule has 0 aliphatic heterocycles. The van der Waals surface area contributed by atoms with Crippen molar-refractivity contribution < 1.29 is 49.1 Å². The predicted octanol–water partition coefficient (Wildman–Crippen LogP) is 8.56. The molecule has 2 atom stereocenters. The maximum absolute atomic E-state index is 13.7. The maximum Gasteiger partial charge on any atom is 0.417 e. The highest BCUT2D eigenvalue weighted by Crippen LogP contribution is 2.41. The fraction of sp³-hybridized carbons (Fsp3) is 0.333. The first kappa shape index (κ1) is 33.6. The molecule has 0 aliphatic rings. The largest absolute Gasteiger partial charge is 0.417 e. The van der Waals surface area contributed by atoms with E-state index >= 15 is 0 Å². The molecule has 2 amide bonds. The molecule has 0 saturated heterocycles. The van der Waals surface area contributed by atoms with Crippen molar-refractivity contribution in [1.29, 1.82) is 0 Å². The summed E-state index contributed by atoms with van der Waals surface area (Å²) in [6, 6.07) is 3.91. The third-order valence-corrected chi connectivity index (χ3v) is 6.35. The predicted molar refractivity (Wildman–Crippen MR) is 131 cm³/mol. The highest BCUT2D eigenvalue weighted by molar-refractivity contribution is 6.48. The van der Waals surface area contributed by atoms with E-state index < -0.39 is 72.0 Å². The Bertz CT molecular complexity index is 1250. The monoisotopic (exact) mass is 642 g/mol. The molecule has 0 bridgehead atoms. The number of hydrogen-bond acceptors (Lipinski definition) is 2. The minimum Gasteiger partial charge on any atom is -0.336 e. The van der Waals surface area contributed by atoms with Gasteiger partial charge < -0.3 is 10.6 Å². The topological polar surface area (TPSA) is 58.2 Å². The van der Waals surface area contributed by atoms with Gasteiger partial charge in [-0.05, 0) is 42.3 Å². The van der Waals surface area contributed by atoms with Crippen molar-refractivity contribution in [3.05, 3.63) is 73.7 Å². The first-order valence-electron chi connectivity index (χ1n) is 11.0. The standard InChI is InChI=1S/C24H18Cl3F9N2O2/c1-11(37-19(39)6-7-22(28,29)30)38-21(40)14-4-2-12(8-16(14)24(34,35)36)3-5-15(23(31,32)33)13-9-17(25)20(27)18(26)10-13/h2-5,8-11,15H,6-7H2,1H3,(H,37,39)(H,38,40)/b5-3+/t11-,15?/m1/s1. The summed E-state index contributed by atoms with van der Waals surface area (Å²) in [6.07, 6.45) is -17.1. The normalized spacial score (nSPS) is 14.2. The van der Waals surface area contributed by atoms with Gasteiger partial charge in [0.15, 0.2) is 0 Å². The molecule has 40 heavy (non-hydrogen) atoms. The van der Waals surface area contributed by atoms with Gasteiger partial charge in [0.05, 0.1) is 44.7 Å². The molecule has 2 rings (SSSR count). The van der Waals surface area contributed by atoms with Crippen molar-refractivity contribution in [1.82, 2.24) is 10.6 Å². The molecule has 0 spiro atoms.